The highest BCUT2D eigenvalue weighted by atomic mass is 16.5. The van der Waals surface area contributed by atoms with Crippen LogP contribution < -0.4 is 4.74 Å². The van der Waals surface area contributed by atoms with Crippen molar-refractivity contribution in [1.82, 2.24) is 0 Å². The maximum atomic E-state index is 12.1. The minimum Gasteiger partial charge on any atom is -0.422 e. The minimum atomic E-state index is -0.457. The van der Waals surface area contributed by atoms with Crippen LogP contribution in [-0.2, 0) is 0 Å². The van der Waals surface area contributed by atoms with E-state index in [0.717, 1.165) is 11.1 Å². The summed E-state index contributed by atoms with van der Waals surface area (Å²) in [6, 6.07) is 12.4. The molecule has 0 saturated heterocycles. The lowest BCUT2D eigenvalue weighted by atomic mass is 10.1. The fourth-order valence-electron chi connectivity index (χ4n) is 1.91. The van der Waals surface area contributed by atoms with E-state index in [0.29, 0.717) is 16.9 Å². The van der Waals surface area contributed by atoms with Crippen LogP contribution in [0.25, 0.3) is 0 Å². The number of hydrogen-bond acceptors (Lipinski definition) is 3. The van der Waals surface area contributed by atoms with Gasteiger partial charge in [-0.05, 0) is 44.5 Å². The van der Waals surface area contributed by atoms with E-state index in [2.05, 4.69) is 0 Å². The number of para-hydroxylation sites is 1. The quantitative estimate of drug-likeness (QED) is 0.484. The van der Waals surface area contributed by atoms with Gasteiger partial charge in [0.15, 0.2) is 5.78 Å². The number of benzene rings is 2. The zero-order chi connectivity index (χ0) is 14.7. The molecule has 2 aromatic carbocycles. The molecule has 0 N–H and O–H groups in total. The molecule has 0 spiro atoms. The van der Waals surface area contributed by atoms with Crippen LogP contribution in [0.15, 0.2) is 42.5 Å². The lowest BCUT2D eigenvalue weighted by molar-refractivity contribution is 0.0731. The monoisotopic (exact) mass is 268 g/mol. The van der Waals surface area contributed by atoms with Crippen molar-refractivity contribution >= 4 is 11.8 Å². The normalized spacial score (nSPS) is 10.2. The molecule has 3 heteroatoms. The smallest absolute Gasteiger partial charge is 0.343 e. The first-order chi connectivity index (χ1) is 9.49. The van der Waals surface area contributed by atoms with Crippen molar-refractivity contribution in [3.63, 3.8) is 0 Å². The number of ketones is 1. The average Bonchev–Trinajstić information content (AvgIpc) is 2.41. The summed E-state index contributed by atoms with van der Waals surface area (Å²) in [5.41, 5.74) is 2.72. The van der Waals surface area contributed by atoms with E-state index in [4.69, 9.17) is 4.74 Å². The zero-order valence-corrected chi connectivity index (χ0v) is 11.8. The topological polar surface area (TPSA) is 43.4 Å². The van der Waals surface area contributed by atoms with Crippen LogP contribution in [0.5, 0.6) is 5.75 Å². The lowest BCUT2D eigenvalue weighted by Crippen LogP contribution is -2.12. The Morgan fingerprint density at radius 1 is 0.950 bits per heavy atom. The van der Waals surface area contributed by atoms with Crippen molar-refractivity contribution < 1.29 is 14.3 Å². The molecule has 0 aliphatic heterocycles. The summed E-state index contributed by atoms with van der Waals surface area (Å²) >= 11 is 0. The van der Waals surface area contributed by atoms with E-state index < -0.39 is 5.97 Å². The van der Waals surface area contributed by atoms with Crippen molar-refractivity contribution in [1.29, 1.82) is 0 Å². The molecule has 0 radical (unpaired) electrons. The molecule has 0 saturated carbocycles. The highest BCUT2D eigenvalue weighted by Gasteiger charge is 2.15. The molecule has 0 aliphatic carbocycles. The Labute approximate surface area is 118 Å². The van der Waals surface area contributed by atoms with Crippen LogP contribution in [-0.4, -0.2) is 11.8 Å². The van der Waals surface area contributed by atoms with Crippen LogP contribution in [0.1, 0.15) is 38.8 Å². The Kier molecular flexibility index (Phi) is 3.99. The first kappa shape index (κ1) is 14.0. The molecule has 0 fully saturated rings. The molecule has 3 nitrogen and oxygen atoms in total. The van der Waals surface area contributed by atoms with E-state index >= 15 is 0 Å². The van der Waals surface area contributed by atoms with Crippen LogP contribution in [0, 0.1) is 13.8 Å². The molecule has 0 atom stereocenters. The Morgan fingerprint density at radius 2 is 1.60 bits per heavy atom. The summed E-state index contributed by atoms with van der Waals surface area (Å²) in [6.07, 6.45) is 0. The van der Waals surface area contributed by atoms with Gasteiger partial charge in [-0.25, -0.2) is 4.79 Å². The number of esters is 1. The Hall–Kier alpha value is -2.42. The second kappa shape index (κ2) is 5.70. The third kappa shape index (κ3) is 2.94. The molecule has 102 valence electrons. The molecule has 2 aromatic rings. The van der Waals surface area contributed by atoms with Gasteiger partial charge in [0.25, 0.3) is 0 Å². The number of hydrogen-bond donors (Lipinski definition) is 0. The van der Waals surface area contributed by atoms with E-state index in [9.17, 15) is 9.59 Å². The maximum absolute atomic E-state index is 12.1. The highest BCUT2D eigenvalue weighted by molar-refractivity contribution is 5.99. The van der Waals surface area contributed by atoms with E-state index in [1.165, 1.54) is 6.92 Å². The molecule has 0 aliphatic rings. The summed E-state index contributed by atoms with van der Waals surface area (Å²) in [6.45, 7) is 5.21. The molecule has 0 bridgehead atoms. The van der Waals surface area contributed by atoms with E-state index in [1.54, 1.807) is 24.3 Å². The van der Waals surface area contributed by atoms with Crippen molar-refractivity contribution in [3.05, 3.63) is 64.7 Å². The predicted molar refractivity (Wildman–Crippen MR) is 77.3 cm³/mol. The van der Waals surface area contributed by atoms with Crippen LogP contribution in [0.2, 0.25) is 0 Å². The van der Waals surface area contributed by atoms with Crippen LogP contribution in [0.3, 0.4) is 0 Å². The summed E-state index contributed by atoms with van der Waals surface area (Å²) in [7, 11) is 0. The number of carbonyl (C=O) groups is 2. The van der Waals surface area contributed by atoms with Crippen molar-refractivity contribution in [2.45, 2.75) is 20.8 Å². The van der Waals surface area contributed by atoms with Gasteiger partial charge in [0, 0.05) is 0 Å². The summed E-state index contributed by atoms with van der Waals surface area (Å²) in [5.74, 6) is -0.243. The van der Waals surface area contributed by atoms with Gasteiger partial charge in [-0.2, -0.15) is 0 Å². The Balaban J connectivity index is 2.32. The average molecular weight is 268 g/mol. The summed E-state index contributed by atoms with van der Waals surface area (Å²) in [4.78, 5) is 23.7. The fraction of sp³-hybridized carbons (Fsp3) is 0.176. The van der Waals surface area contributed by atoms with Crippen LogP contribution >= 0.6 is 0 Å². The Morgan fingerprint density at radius 3 is 2.20 bits per heavy atom. The molecule has 0 aromatic heterocycles. The second-order valence-electron chi connectivity index (χ2n) is 4.76. The predicted octanol–water partition coefficient (Wildman–Crippen LogP) is 3.73. The standard InChI is InChI=1S/C17H16O3/c1-11-7-9-14(10-8-11)17(19)20-16-12(2)5-4-6-15(16)13(3)18/h4-10H,1-3H3. The largest absolute Gasteiger partial charge is 0.422 e. The third-order valence-electron chi connectivity index (χ3n) is 3.07. The molecule has 0 amide bonds. The van der Waals surface area contributed by atoms with Crippen molar-refractivity contribution in [2.75, 3.05) is 0 Å². The molecular weight excluding hydrogens is 252 g/mol. The zero-order valence-electron chi connectivity index (χ0n) is 11.8. The van der Waals surface area contributed by atoms with Gasteiger partial charge in [-0.15, -0.1) is 0 Å². The molecular formula is C17H16O3. The third-order valence-corrected chi connectivity index (χ3v) is 3.07. The number of Topliss-reactive ketones (excluding diaryl/α,β-unsaturated/α-hetero) is 1. The molecule has 2 rings (SSSR count). The van der Waals surface area contributed by atoms with Gasteiger partial charge in [0.05, 0.1) is 11.1 Å². The lowest BCUT2D eigenvalue weighted by Gasteiger charge is -2.11. The first-order valence-electron chi connectivity index (χ1n) is 6.38. The van der Waals surface area contributed by atoms with Crippen LogP contribution in [0.4, 0.5) is 0 Å². The van der Waals surface area contributed by atoms with Gasteiger partial charge < -0.3 is 4.74 Å². The highest BCUT2D eigenvalue weighted by Crippen LogP contribution is 2.25. The summed E-state index contributed by atoms with van der Waals surface area (Å²) in [5, 5.41) is 0. The first-order valence-corrected chi connectivity index (χ1v) is 6.38. The number of aryl methyl sites for hydroxylation is 2. The summed E-state index contributed by atoms with van der Waals surface area (Å²) < 4.78 is 5.40. The van der Waals surface area contributed by atoms with Crippen molar-refractivity contribution in [3.8, 4) is 5.75 Å². The SMILES string of the molecule is CC(=O)c1cccc(C)c1OC(=O)c1ccc(C)cc1. The molecule has 0 heterocycles. The fourth-order valence-corrected chi connectivity index (χ4v) is 1.91. The second-order valence-corrected chi connectivity index (χ2v) is 4.76. The number of carbonyl (C=O) groups excluding carboxylic acids is 2. The van der Waals surface area contributed by atoms with Crippen molar-refractivity contribution in [2.24, 2.45) is 0 Å². The minimum absolute atomic E-state index is 0.125. The van der Waals surface area contributed by atoms with Gasteiger partial charge in [0.1, 0.15) is 5.75 Å². The van der Waals surface area contributed by atoms with Gasteiger partial charge in [-0.3, -0.25) is 4.79 Å². The van der Waals surface area contributed by atoms with Gasteiger partial charge >= 0.3 is 5.97 Å². The van der Waals surface area contributed by atoms with Gasteiger partial charge in [-0.1, -0.05) is 29.8 Å². The van der Waals surface area contributed by atoms with E-state index in [-0.39, 0.29) is 5.78 Å². The van der Waals surface area contributed by atoms with Gasteiger partial charge in [0.2, 0.25) is 0 Å². The Bertz CT molecular complexity index is 654. The number of ether oxygens (including phenoxy) is 1. The number of rotatable bonds is 3. The molecule has 20 heavy (non-hydrogen) atoms. The van der Waals surface area contributed by atoms with E-state index in [1.807, 2.05) is 32.0 Å². The maximum Gasteiger partial charge on any atom is 0.343 e. The molecule has 0 unspecified atom stereocenters.